The number of carbonyl (C=O) groups excluding carboxylic acids is 3. The second kappa shape index (κ2) is 8.00. The summed E-state index contributed by atoms with van der Waals surface area (Å²) in [4.78, 5) is 37.9. The number of likely N-dealkylation sites (N-methyl/N-ethyl adjacent to an activating group) is 1. The van der Waals surface area contributed by atoms with E-state index in [2.05, 4.69) is 5.32 Å². The third kappa shape index (κ3) is 4.29. The summed E-state index contributed by atoms with van der Waals surface area (Å²) in [5.74, 6) is -1.09. The van der Waals surface area contributed by atoms with E-state index in [1.807, 2.05) is 19.1 Å². The van der Waals surface area contributed by atoms with Crippen LogP contribution in [0.15, 0.2) is 18.2 Å². The van der Waals surface area contributed by atoms with Gasteiger partial charge < -0.3 is 19.7 Å². The average Bonchev–Trinajstić information content (AvgIpc) is 2.96. The lowest BCUT2D eigenvalue weighted by Crippen LogP contribution is -2.37. The van der Waals surface area contributed by atoms with Crippen molar-refractivity contribution >= 4 is 23.5 Å². The second-order valence-electron chi connectivity index (χ2n) is 6.05. The normalized spacial score (nSPS) is 18.0. The summed E-state index contributed by atoms with van der Waals surface area (Å²) in [6, 6.07) is 5.53. The van der Waals surface area contributed by atoms with Crippen LogP contribution in [0.4, 0.5) is 5.69 Å². The summed E-state index contributed by atoms with van der Waals surface area (Å²) in [5.41, 5.74) is 1.62. The van der Waals surface area contributed by atoms with Gasteiger partial charge in [0.15, 0.2) is 6.10 Å². The van der Waals surface area contributed by atoms with Crippen LogP contribution < -0.4 is 15.0 Å². The summed E-state index contributed by atoms with van der Waals surface area (Å²) in [7, 11) is 1.54. The number of aryl methyl sites for hydroxylation is 1. The Morgan fingerprint density at radius 2 is 2.12 bits per heavy atom. The van der Waals surface area contributed by atoms with Crippen LogP contribution in [-0.4, -0.2) is 44.1 Å². The minimum Gasteiger partial charge on any atom is -0.495 e. The summed E-state index contributed by atoms with van der Waals surface area (Å²) in [6.07, 6.45) is -0.831. The molecule has 1 saturated heterocycles. The van der Waals surface area contributed by atoms with Gasteiger partial charge >= 0.3 is 5.97 Å². The summed E-state index contributed by atoms with van der Waals surface area (Å²) in [5, 5.41) is 2.60. The maximum absolute atomic E-state index is 12.4. The number of ether oxygens (including phenoxy) is 2. The van der Waals surface area contributed by atoms with Crippen molar-refractivity contribution in [3.8, 4) is 5.75 Å². The molecule has 0 spiro atoms. The molecule has 1 heterocycles. The predicted molar refractivity (Wildman–Crippen MR) is 92.4 cm³/mol. The third-order valence-electron chi connectivity index (χ3n) is 4.10. The smallest absolute Gasteiger partial charge is 0.312 e. The van der Waals surface area contributed by atoms with Gasteiger partial charge in [0.25, 0.3) is 5.91 Å². The van der Waals surface area contributed by atoms with Gasteiger partial charge in [-0.2, -0.15) is 0 Å². The van der Waals surface area contributed by atoms with Gasteiger partial charge in [-0.05, 0) is 38.5 Å². The molecule has 7 heteroatoms. The molecule has 2 atom stereocenters. The fourth-order valence-corrected chi connectivity index (χ4v) is 2.75. The van der Waals surface area contributed by atoms with Gasteiger partial charge in [0, 0.05) is 19.5 Å². The number of nitrogens with zero attached hydrogens (tertiary/aromatic N) is 1. The highest BCUT2D eigenvalue weighted by Gasteiger charge is 2.38. The van der Waals surface area contributed by atoms with Gasteiger partial charge in [0.05, 0.1) is 18.7 Å². The molecule has 0 saturated carbocycles. The van der Waals surface area contributed by atoms with E-state index < -0.39 is 18.0 Å². The lowest BCUT2D eigenvalue weighted by Gasteiger charge is -2.20. The molecule has 1 aromatic rings. The van der Waals surface area contributed by atoms with Crippen molar-refractivity contribution in [3.63, 3.8) is 0 Å². The Hall–Kier alpha value is -2.57. The Morgan fingerprint density at radius 3 is 2.76 bits per heavy atom. The fourth-order valence-electron chi connectivity index (χ4n) is 2.75. The van der Waals surface area contributed by atoms with E-state index in [1.54, 1.807) is 13.0 Å². The lowest BCUT2D eigenvalue weighted by molar-refractivity contribution is -0.158. The summed E-state index contributed by atoms with van der Waals surface area (Å²) >= 11 is 0. The van der Waals surface area contributed by atoms with Crippen molar-refractivity contribution in [1.82, 2.24) is 5.32 Å². The van der Waals surface area contributed by atoms with E-state index in [4.69, 9.17) is 9.47 Å². The van der Waals surface area contributed by atoms with Gasteiger partial charge in [-0.1, -0.05) is 6.07 Å². The molecule has 0 radical (unpaired) electrons. The molecule has 2 rings (SSSR count). The molecule has 0 bridgehead atoms. The van der Waals surface area contributed by atoms with E-state index in [9.17, 15) is 14.4 Å². The van der Waals surface area contributed by atoms with Crippen molar-refractivity contribution in [2.75, 3.05) is 25.1 Å². The van der Waals surface area contributed by atoms with Crippen LogP contribution in [0.3, 0.4) is 0 Å². The Labute approximate surface area is 147 Å². The van der Waals surface area contributed by atoms with Gasteiger partial charge in [-0.3, -0.25) is 14.4 Å². The molecule has 1 fully saturated rings. The van der Waals surface area contributed by atoms with E-state index in [0.29, 0.717) is 18.0 Å². The quantitative estimate of drug-likeness (QED) is 0.786. The monoisotopic (exact) mass is 348 g/mol. The summed E-state index contributed by atoms with van der Waals surface area (Å²) < 4.78 is 10.5. The molecule has 7 nitrogen and oxygen atoms in total. The fraction of sp³-hybridized carbons (Fsp3) is 0.500. The highest BCUT2D eigenvalue weighted by atomic mass is 16.5. The van der Waals surface area contributed by atoms with Crippen LogP contribution in [0.5, 0.6) is 5.75 Å². The number of hydrogen-bond donors (Lipinski definition) is 1. The van der Waals surface area contributed by atoms with E-state index in [-0.39, 0.29) is 24.8 Å². The first-order chi connectivity index (χ1) is 11.9. The molecule has 0 unspecified atom stereocenters. The molecule has 0 aromatic heterocycles. The number of carbonyl (C=O) groups is 3. The number of methoxy groups -OCH3 is 1. The Balaban J connectivity index is 2.08. The molecular formula is C18H24N2O5. The largest absolute Gasteiger partial charge is 0.495 e. The van der Waals surface area contributed by atoms with Crippen LogP contribution in [0.25, 0.3) is 0 Å². The van der Waals surface area contributed by atoms with Crippen LogP contribution in [0.2, 0.25) is 0 Å². The van der Waals surface area contributed by atoms with E-state index in [1.165, 1.54) is 18.9 Å². The Morgan fingerprint density at radius 1 is 1.40 bits per heavy atom. The molecule has 1 aliphatic heterocycles. The van der Waals surface area contributed by atoms with Gasteiger partial charge in [0.1, 0.15) is 5.75 Å². The number of hydrogen-bond acceptors (Lipinski definition) is 5. The standard InChI is InChI=1S/C18H24N2O5/c1-5-19-17(22)12(3)25-18(23)13-9-16(21)20(10-13)14-8-11(2)6-7-15(14)24-4/h6-8,12-13H,5,9-10H2,1-4H3,(H,19,22)/t12-,13-/m1/s1. The van der Waals surface area contributed by atoms with Crippen molar-refractivity contribution in [3.05, 3.63) is 23.8 Å². The van der Waals surface area contributed by atoms with Crippen LogP contribution in [0, 0.1) is 12.8 Å². The highest BCUT2D eigenvalue weighted by Crippen LogP contribution is 2.34. The Bertz CT molecular complexity index is 673. The molecule has 136 valence electrons. The van der Waals surface area contributed by atoms with Gasteiger partial charge in [-0.25, -0.2) is 0 Å². The van der Waals surface area contributed by atoms with Crippen LogP contribution in [-0.2, 0) is 19.1 Å². The number of nitrogens with one attached hydrogen (secondary N) is 1. The van der Waals surface area contributed by atoms with Gasteiger partial charge in [-0.15, -0.1) is 0 Å². The minimum absolute atomic E-state index is 0.0536. The first-order valence-electron chi connectivity index (χ1n) is 8.30. The predicted octanol–water partition coefficient (Wildman–Crippen LogP) is 1.42. The zero-order valence-corrected chi connectivity index (χ0v) is 15.0. The molecule has 25 heavy (non-hydrogen) atoms. The molecule has 1 N–H and O–H groups in total. The number of rotatable bonds is 6. The third-order valence-corrected chi connectivity index (χ3v) is 4.10. The zero-order chi connectivity index (χ0) is 18.6. The maximum atomic E-state index is 12.4. The van der Waals surface area contributed by atoms with Crippen molar-refractivity contribution < 1.29 is 23.9 Å². The first kappa shape index (κ1) is 18.8. The number of benzene rings is 1. The van der Waals surface area contributed by atoms with E-state index >= 15 is 0 Å². The number of anilines is 1. The topological polar surface area (TPSA) is 84.9 Å². The van der Waals surface area contributed by atoms with Crippen molar-refractivity contribution in [2.24, 2.45) is 5.92 Å². The van der Waals surface area contributed by atoms with Crippen molar-refractivity contribution in [2.45, 2.75) is 33.3 Å². The van der Waals surface area contributed by atoms with Gasteiger partial charge in [0.2, 0.25) is 5.91 Å². The number of amides is 2. The number of esters is 1. The molecular weight excluding hydrogens is 324 g/mol. The van der Waals surface area contributed by atoms with E-state index in [0.717, 1.165) is 5.56 Å². The SMILES string of the molecule is CCNC(=O)[C@@H](C)OC(=O)[C@@H]1CC(=O)N(c2cc(C)ccc2OC)C1. The van der Waals surface area contributed by atoms with Crippen molar-refractivity contribution in [1.29, 1.82) is 0 Å². The Kier molecular flexibility index (Phi) is 6.01. The molecule has 0 aliphatic carbocycles. The first-order valence-corrected chi connectivity index (χ1v) is 8.30. The second-order valence-corrected chi connectivity index (χ2v) is 6.05. The van der Waals surface area contributed by atoms with Crippen LogP contribution in [0.1, 0.15) is 25.8 Å². The minimum atomic E-state index is -0.884. The summed E-state index contributed by atoms with van der Waals surface area (Å²) in [6.45, 7) is 5.89. The maximum Gasteiger partial charge on any atom is 0.312 e. The van der Waals surface area contributed by atoms with Crippen LogP contribution >= 0.6 is 0 Å². The lowest BCUT2D eigenvalue weighted by atomic mass is 10.1. The molecule has 2 amide bonds. The molecule has 1 aromatic carbocycles. The zero-order valence-electron chi connectivity index (χ0n) is 15.0. The molecule has 1 aliphatic rings. The average molecular weight is 348 g/mol. The highest BCUT2D eigenvalue weighted by molar-refractivity contribution is 6.00.